The number of aromatic hydroxyl groups is 1. The van der Waals surface area contributed by atoms with Gasteiger partial charge in [0.2, 0.25) is 0 Å². The second-order valence-corrected chi connectivity index (χ2v) is 4.97. The Morgan fingerprint density at radius 1 is 1.14 bits per heavy atom. The van der Waals surface area contributed by atoms with E-state index in [4.69, 9.17) is 9.84 Å². The topological polar surface area (TPSA) is 49.7 Å². The first-order valence-electron chi connectivity index (χ1n) is 6.87. The molecular weight excluding hydrogens is 264 g/mol. The van der Waals surface area contributed by atoms with E-state index in [0.29, 0.717) is 17.7 Å². The van der Waals surface area contributed by atoms with Crippen molar-refractivity contribution in [1.82, 2.24) is 0 Å². The Hall–Kier alpha value is -2.26. The van der Waals surface area contributed by atoms with Crippen LogP contribution in [0.25, 0.3) is 6.08 Å². The van der Waals surface area contributed by atoms with Gasteiger partial charge in [0.25, 0.3) is 0 Å². The lowest BCUT2D eigenvalue weighted by Crippen LogP contribution is -1.94. The zero-order chi connectivity index (χ0) is 15.2. The minimum absolute atomic E-state index is 0.122. The zero-order valence-corrected chi connectivity index (χ0v) is 12.3. The van der Waals surface area contributed by atoms with Crippen molar-refractivity contribution < 1.29 is 14.9 Å². The molecule has 3 heteroatoms. The fourth-order valence-electron chi connectivity index (χ4n) is 2.16. The largest absolute Gasteiger partial charge is 0.508 e. The Labute approximate surface area is 125 Å². The summed E-state index contributed by atoms with van der Waals surface area (Å²) in [5.74, 6) is 0.736. The summed E-state index contributed by atoms with van der Waals surface area (Å²) in [4.78, 5) is 0. The van der Waals surface area contributed by atoms with E-state index in [1.807, 2.05) is 12.2 Å². The Bertz CT molecular complexity index is 628. The van der Waals surface area contributed by atoms with Gasteiger partial charge in [0.15, 0.2) is 0 Å². The molecule has 3 nitrogen and oxygen atoms in total. The number of aliphatic hydroxyl groups excluding tert-OH is 1. The predicted octanol–water partition coefficient (Wildman–Crippen LogP) is 3.46. The summed E-state index contributed by atoms with van der Waals surface area (Å²) in [6.45, 7) is 1.93. The predicted molar refractivity (Wildman–Crippen MR) is 84.5 cm³/mol. The standard InChI is InChI=1S/C18H20O3/c1-13-6-8-14(9-7-13)4-3-5-16-17(20)10-15(12-19)11-18(16)21-2/h3-4,6-11,19-20H,5,12H2,1-2H3/b4-3+. The highest BCUT2D eigenvalue weighted by Crippen LogP contribution is 2.30. The second-order valence-electron chi connectivity index (χ2n) is 4.97. The van der Waals surface area contributed by atoms with Gasteiger partial charge in [-0.2, -0.15) is 0 Å². The van der Waals surface area contributed by atoms with E-state index in [1.165, 1.54) is 5.56 Å². The molecule has 0 aliphatic carbocycles. The van der Waals surface area contributed by atoms with Crippen LogP contribution in [0.1, 0.15) is 22.3 Å². The molecule has 0 unspecified atom stereocenters. The molecule has 21 heavy (non-hydrogen) atoms. The third-order valence-electron chi connectivity index (χ3n) is 3.36. The number of aliphatic hydroxyl groups is 1. The van der Waals surface area contributed by atoms with Crippen LogP contribution in [0, 0.1) is 6.92 Å². The minimum atomic E-state index is -0.122. The maximum atomic E-state index is 10.0. The molecule has 0 radical (unpaired) electrons. The summed E-state index contributed by atoms with van der Waals surface area (Å²) >= 11 is 0. The van der Waals surface area contributed by atoms with Gasteiger partial charge in [0, 0.05) is 5.56 Å². The first-order chi connectivity index (χ1) is 10.1. The molecule has 110 valence electrons. The van der Waals surface area contributed by atoms with E-state index in [1.54, 1.807) is 19.2 Å². The molecule has 0 saturated carbocycles. The van der Waals surface area contributed by atoms with Crippen molar-refractivity contribution in [2.45, 2.75) is 20.0 Å². The van der Waals surface area contributed by atoms with Gasteiger partial charge in [-0.1, -0.05) is 42.0 Å². The molecule has 0 aromatic heterocycles. The van der Waals surface area contributed by atoms with Crippen LogP contribution in [-0.4, -0.2) is 17.3 Å². The van der Waals surface area contributed by atoms with Crippen molar-refractivity contribution >= 4 is 6.08 Å². The molecule has 0 spiro atoms. The van der Waals surface area contributed by atoms with Crippen LogP contribution >= 0.6 is 0 Å². The average molecular weight is 284 g/mol. The zero-order valence-electron chi connectivity index (χ0n) is 12.3. The number of allylic oxidation sites excluding steroid dienone is 1. The third-order valence-corrected chi connectivity index (χ3v) is 3.36. The summed E-state index contributed by atoms with van der Waals surface area (Å²) in [5, 5.41) is 19.2. The van der Waals surface area contributed by atoms with Crippen LogP contribution < -0.4 is 4.74 Å². The van der Waals surface area contributed by atoms with E-state index in [0.717, 1.165) is 11.1 Å². The van der Waals surface area contributed by atoms with Gasteiger partial charge in [-0.3, -0.25) is 0 Å². The maximum Gasteiger partial charge on any atom is 0.126 e. The first kappa shape index (κ1) is 15.1. The van der Waals surface area contributed by atoms with Gasteiger partial charge in [-0.25, -0.2) is 0 Å². The van der Waals surface area contributed by atoms with E-state index in [2.05, 4.69) is 31.2 Å². The van der Waals surface area contributed by atoms with Crippen LogP contribution in [0.5, 0.6) is 11.5 Å². The molecule has 0 bridgehead atoms. The summed E-state index contributed by atoms with van der Waals surface area (Å²) in [6, 6.07) is 11.5. The molecule has 0 aliphatic heterocycles. The number of methoxy groups -OCH3 is 1. The molecule has 2 aromatic rings. The lowest BCUT2D eigenvalue weighted by molar-refractivity contribution is 0.280. The number of hydrogen-bond acceptors (Lipinski definition) is 3. The number of ether oxygens (including phenoxy) is 1. The quantitative estimate of drug-likeness (QED) is 0.884. The molecule has 2 N–H and O–H groups in total. The van der Waals surface area contributed by atoms with Crippen molar-refractivity contribution in [3.63, 3.8) is 0 Å². The summed E-state index contributed by atoms with van der Waals surface area (Å²) in [7, 11) is 1.56. The second kappa shape index (κ2) is 6.95. The molecule has 0 saturated heterocycles. The average Bonchev–Trinajstić information content (AvgIpc) is 2.50. The van der Waals surface area contributed by atoms with E-state index < -0.39 is 0 Å². The highest BCUT2D eigenvalue weighted by atomic mass is 16.5. The van der Waals surface area contributed by atoms with Crippen molar-refractivity contribution in [2.24, 2.45) is 0 Å². The molecule has 2 aromatic carbocycles. The maximum absolute atomic E-state index is 10.0. The fraction of sp³-hybridized carbons (Fsp3) is 0.222. The van der Waals surface area contributed by atoms with Gasteiger partial charge in [-0.05, 0) is 36.6 Å². The number of phenols is 1. The number of phenolic OH excluding ortho intramolecular Hbond substituents is 1. The van der Waals surface area contributed by atoms with Gasteiger partial charge in [0.1, 0.15) is 11.5 Å². The van der Waals surface area contributed by atoms with Gasteiger partial charge < -0.3 is 14.9 Å². The SMILES string of the molecule is COc1cc(CO)cc(O)c1C/C=C/c1ccc(C)cc1. The highest BCUT2D eigenvalue weighted by molar-refractivity contribution is 5.53. The number of hydrogen-bond donors (Lipinski definition) is 2. The van der Waals surface area contributed by atoms with Crippen LogP contribution in [0.2, 0.25) is 0 Å². The summed E-state index contributed by atoms with van der Waals surface area (Å²) < 4.78 is 5.28. The molecule has 0 atom stereocenters. The first-order valence-corrected chi connectivity index (χ1v) is 6.87. The molecule has 0 fully saturated rings. The lowest BCUT2D eigenvalue weighted by Gasteiger charge is -2.10. The third kappa shape index (κ3) is 3.86. The van der Waals surface area contributed by atoms with Crippen molar-refractivity contribution in [3.8, 4) is 11.5 Å². The van der Waals surface area contributed by atoms with Gasteiger partial charge >= 0.3 is 0 Å². The monoisotopic (exact) mass is 284 g/mol. The van der Waals surface area contributed by atoms with Gasteiger partial charge in [0.05, 0.1) is 13.7 Å². The van der Waals surface area contributed by atoms with Gasteiger partial charge in [-0.15, -0.1) is 0 Å². The number of rotatable bonds is 5. The summed E-state index contributed by atoms with van der Waals surface area (Å²) in [6.07, 6.45) is 4.56. The van der Waals surface area contributed by atoms with Crippen LogP contribution in [0.3, 0.4) is 0 Å². The van der Waals surface area contributed by atoms with Crippen molar-refractivity contribution in [2.75, 3.05) is 7.11 Å². The number of aryl methyl sites for hydroxylation is 1. The lowest BCUT2D eigenvalue weighted by atomic mass is 10.0. The number of benzene rings is 2. The van der Waals surface area contributed by atoms with Crippen molar-refractivity contribution in [1.29, 1.82) is 0 Å². The highest BCUT2D eigenvalue weighted by Gasteiger charge is 2.09. The van der Waals surface area contributed by atoms with Crippen LogP contribution in [-0.2, 0) is 13.0 Å². The van der Waals surface area contributed by atoms with Crippen LogP contribution in [0.4, 0.5) is 0 Å². The Kier molecular flexibility index (Phi) is 5.01. The smallest absolute Gasteiger partial charge is 0.126 e. The molecule has 2 rings (SSSR count). The van der Waals surface area contributed by atoms with E-state index in [9.17, 15) is 5.11 Å². The Balaban J connectivity index is 2.17. The summed E-state index contributed by atoms with van der Waals surface area (Å²) in [5.41, 5.74) is 3.70. The van der Waals surface area contributed by atoms with Crippen molar-refractivity contribution in [3.05, 3.63) is 64.7 Å². The fourth-order valence-corrected chi connectivity index (χ4v) is 2.16. The molecule has 0 heterocycles. The van der Waals surface area contributed by atoms with E-state index in [-0.39, 0.29) is 12.4 Å². The Morgan fingerprint density at radius 3 is 2.48 bits per heavy atom. The molecule has 0 aliphatic rings. The molecule has 0 amide bonds. The Morgan fingerprint density at radius 2 is 1.86 bits per heavy atom. The normalized spacial score (nSPS) is 11.0. The van der Waals surface area contributed by atoms with Crippen LogP contribution in [0.15, 0.2) is 42.5 Å². The molecular formula is C18H20O3. The van der Waals surface area contributed by atoms with E-state index >= 15 is 0 Å². The minimum Gasteiger partial charge on any atom is -0.508 e.